The second-order valence-corrected chi connectivity index (χ2v) is 6.92. The van der Waals surface area contributed by atoms with Crippen LogP contribution in [0.3, 0.4) is 0 Å². The minimum Gasteiger partial charge on any atom is -0.497 e. The molecule has 162 valence electrons. The first kappa shape index (κ1) is 22.0. The van der Waals surface area contributed by atoms with Crippen LogP contribution in [0.4, 0.5) is 0 Å². The van der Waals surface area contributed by atoms with Crippen molar-refractivity contribution in [3.05, 3.63) is 83.4 Å². The van der Waals surface area contributed by atoms with Gasteiger partial charge >= 0.3 is 0 Å². The van der Waals surface area contributed by atoms with E-state index in [1.807, 2.05) is 48.5 Å². The minimum atomic E-state index is -0.251. The quantitative estimate of drug-likeness (QED) is 0.554. The molecule has 0 bridgehead atoms. The number of amides is 1. The zero-order valence-corrected chi connectivity index (χ0v) is 18.2. The fourth-order valence-electron chi connectivity index (χ4n) is 3.31. The molecule has 1 amide bonds. The molecule has 1 atom stereocenters. The molecule has 0 aliphatic carbocycles. The Kier molecular flexibility index (Phi) is 7.38. The van der Waals surface area contributed by atoms with Gasteiger partial charge in [0.1, 0.15) is 23.0 Å². The maximum Gasteiger partial charge on any atom is 0.255 e. The van der Waals surface area contributed by atoms with Crippen molar-refractivity contribution in [2.45, 2.75) is 12.5 Å². The van der Waals surface area contributed by atoms with Crippen LogP contribution in [0, 0.1) is 0 Å². The molecule has 0 heterocycles. The Morgan fingerprint density at radius 1 is 0.742 bits per heavy atom. The van der Waals surface area contributed by atoms with E-state index in [-0.39, 0.29) is 11.9 Å². The van der Waals surface area contributed by atoms with E-state index in [9.17, 15) is 4.79 Å². The van der Waals surface area contributed by atoms with Gasteiger partial charge in [0.25, 0.3) is 5.91 Å². The van der Waals surface area contributed by atoms with Crippen molar-refractivity contribution in [1.29, 1.82) is 0 Å². The van der Waals surface area contributed by atoms with Gasteiger partial charge in [0.2, 0.25) is 0 Å². The number of hydrogen-bond acceptors (Lipinski definition) is 5. The van der Waals surface area contributed by atoms with Crippen molar-refractivity contribution in [2.75, 3.05) is 28.4 Å². The summed E-state index contributed by atoms with van der Waals surface area (Å²) in [5.74, 6) is 2.40. The number of benzene rings is 3. The standard InChI is InChI=1S/C25H27NO5/c1-28-19-9-5-17(6-10-19)15-23(18-7-11-20(29-2)12-8-18)26-25(27)22-14-13-21(30-3)16-24(22)31-4/h5-14,16,23H,15H2,1-4H3,(H,26,27). The van der Waals surface area contributed by atoms with Crippen molar-refractivity contribution in [3.8, 4) is 23.0 Å². The number of methoxy groups -OCH3 is 4. The summed E-state index contributed by atoms with van der Waals surface area (Å²) in [6.07, 6.45) is 0.612. The van der Waals surface area contributed by atoms with E-state index < -0.39 is 0 Å². The van der Waals surface area contributed by atoms with E-state index >= 15 is 0 Å². The van der Waals surface area contributed by atoms with Gasteiger partial charge in [-0.1, -0.05) is 24.3 Å². The van der Waals surface area contributed by atoms with Gasteiger partial charge in [-0.3, -0.25) is 4.79 Å². The Morgan fingerprint density at radius 2 is 1.29 bits per heavy atom. The largest absolute Gasteiger partial charge is 0.497 e. The van der Waals surface area contributed by atoms with E-state index in [4.69, 9.17) is 18.9 Å². The smallest absolute Gasteiger partial charge is 0.255 e. The summed E-state index contributed by atoms with van der Waals surface area (Å²) in [5.41, 5.74) is 2.48. The molecule has 3 rings (SSSR count). The Balaban J connectivity index is 1.88. The molecule has 0 aliphatic heterocycles. The number of rotatable bonds is 9. The summed E-state index contributed by atoms with van der Waals surface area (Å²) in [5, 5.41) is 3.14. The van der Waals surface area contributed by atoms with Gasteiger partial charge in [0.15, 0.2) is 0 Å². The summed E-state index contributed by atoms with van der Waals surface area (Å²) >= 11 is 0. The molecule has 1 unspecified atom stereocenters. The van der Waals surface area contributed by atoms with Gasteiger partial charge in [-0.15, -0.1) is 0 Å². The third-order valence-corrected chi connectivity index (χ3v) is 5.08. The molecule has 0 spiro atoms. The van der Waals surface area contributed by atoms with Crippen molar-refractivity contribution in [1.82, 2.24) is 5.32 Å². The number of ether oxygens (including phenoxy) is 4. The van der Waals surface area contributed by atoms with Gasteiger partial charge < -0.3 is 24.3 Å². The Morgan fingerprint density at radius 3 is 1.84 bits per heavy atom. The maximum atomic E-state index is 13.1. The lowest BCUT2D eigenvalue weighted by molar-refractivity contribution is 0.0933. The molecule has 0 fully saturated rings. The summed E-state index contributed by atoms with van der Waals surface area (Å²) < 4.78 is 21.1. The lowest BCUT2D eigenvalue weighted by atomic mass is 9.98. The van der Waals surface area contributed by atoms with E-state index in [2.05, 4.69) is 5.32 Å². The van der Waals surface area contributed by atoms with Crippen LogP contribution in [-0.4, -0.2) is 34.3 Å². The zero-order chi connectivity index (χ0) is 22.2. The number of carbonyl (C=O) groups is 1. The summed E-state index contributed by atoms with van der Waals surface area (Å²) in [6, 6.07) is 20.4. The Hall–Kier alpha value is -3.67. The van der Waals surface area contributed by atoms with Crippen LogP contribution in [0.25, 0.3) is 0 Å². The highest BCUT2D eigenvalue weighted by Crippen LogP contribution is 2.27. The van der Waals surface area contributed by atoms with Gasteiger partial charge in [-0.25, -0.2) is 0 Å². The first-order valence-electron chi connectivity index (χ1n) is 9.87. The monoisotopic (exact) mass is 421 g/mol. The molecule has 3 aromatic rings. The molecule has 6 heteroatoms. The van der Waals surface area contributed by atoms with E-state index in [0.29, 0.717) is 23.5 Å². The molecule has 0 aliphatic rings. The molecule has 6 nitrogen and oxygen atoms in total. The summed E-state index contributed by atoms with van der Waals surface area (Å²) in [6.45, 7) is 0. The average molecular weight is 421 g/mol. The highest BCUT2D eigenvalue weighted by atomic mass is 16.5. The number of carbonyl (C=O) groups excluding carboxylic acids is 1. The molecule has 0 aromatic heterocycles. The van der Waals surface area contributed by atoms with E-state index in [0.717, 1.165) is 22.6 Å². The van der Waals surface area contributed by atoms with E-state index in [1.165, 1.54) is 7.11 Å². The first-order chi connectivity index (χ1) is 15.1. The predicted molar refractivity (Wildman–Crippen MR) is 119 cm³/mol. The minimum absolute atomic E-state index is 0.228. The van der Waals surface area contributed by atoms with Crippen LogP contribution in [0.15, 0.2) is 66.7 Å². The molecular formula is C25H27NO5. The highest BCUT2D eigenvalue weighted by molar-refractivity contribution is 5.97. The van der Waals surface area contributed by atoms with Crippen molar-refractivity contribution in [3.63, 3.8) is 0 Å². The normalized spacial score (nSPS) is 11.4. The van der Waals surface area contributed by atoms with Gasteiger partial charge in [-0.05, 0) is 53.9 Å². The van der Waals surface area contributed by atoms with Crippen LogP contribution >= 0.6 is 0 Å². The first-order valence-corrected chi connectivity index (χ1v) is 9.87. The van der Waals surface area contributed by atoms with Crippen LogP contribution in [-0.2, 0) is 6.42 Å². The maximum absolute atomic E-state index is 13.1. The zero-order valence-electron chi connectivity index (χ0n) is 18.2. The SMILES string of the molecule is COc1ccc(CC(NC(=O)c2ccc(OC)cc2OC)c2ccc(OC)cc2)cc1. The molecule has 0 saturated carbocycles. The molecule has 31 heavy (non-hydrogen) atoms. The van der Waals surface area contributed by atoms with Crippen LogP contribution in [0.1, 0.15) is 27.5 Å². The van der Waals surface area contributed by atoms with Crippen molar-refractivity contribution in [2.24, 2.45) is 0 Å². The highest BCUT2D eigenvalue weighted by Gasteiger charge is 2.20. The number of hydrogen-bond donors (Lipinski definition) is 1. The topological polar surface area (TPSA) is 66.0 Å². The van der Waals surface area contributed by atoms with Gasteiger partial charge in [0, 0.05) is 6.07 Å². The predicted octanol–water partition coefficient (Wildman–Crippen LogP) is 4.43. The van der Waals surface area contributed by atoms with Gasteiger partial charge in [0.05, 0.1) is 40.0 Å². The molecule has 0 saturated heterocycles. The fourth-order valence-corrected chi connectivity index (χ4v) is 3.31. The summed E-state index contributed by atoms with van der Waals surface area (Å²) in [4.78, 5) is 13.1. The average Bonchev–Trinajstić information content (AvgIpc) is 2.83. The second kappa shape index (κ2) is 10.4. The van der Waals surface area contributed by atoms with Crippen molar-refractivity contribution >= 4 is 5.91 Å². The molecule has 0 radical (unpaired) electrons. The van der Waals surface area contributed by atoms with Crippen molar-refractivity contribution < 1.29 is 23.7 Å². The Labute approximate surface area is 182 Å². The fraction of sp³-hybridized carbons (Fsp3) is 0.240. The molecule has 3 aromatic carbocycles. The van der Waals surface area contributed by atoms with Crippen LogP contribution in [0.2, 0.25) is 0 Å². The molecular weight excluding hydrogens is 394 g/mol. The molecule has 1 N–H and O–H groups in total. The third kappa shape index (κ3) is 5.48. The van der Waals surface area contributed by atoms with Crippen LogP contribution < -0.4 is 24.3 Å². The van der Waals surface area contributed by atoms with Crippen LogP contribution in [0.5, 0.6) is 23.0 Å². The van der Waals surface area contributed by atoms with Gasteiger partial charge in [-0.2, -0.15) is 0 Å². The lowest BCUT2D eigenvalue weighted by Crippen LogP contribution is -2.30. The lowest BCUT2D eigenvalue weighted by Gasteiger charge is -2.21. The summed E-state index contributed by atoms with van der Waals surface area (Å²) in [7, 11) is 6.37. The second-order valence-electron chi connectivity index (χ2n) is 6.92. The third-order valence-electron chi connectivity index (χ3n) is 5.08. The van der Waals surface area contributed by atoms with E-state index in [1.54, 1.807) is 39.5 Å². The Bertz CT molecular complexity index is 999. The number of nitrogens with one attached hydrogen (secondary N) is 1.